The van der Waals surface area contributed by atoms with Gasteiger partial charge in [0, 0.05) is 16.5 Å². The van der Waals surface area contributed by atoms with Crippen LogP contribution in [0, 0.1) is 0 Å². The molecule has 0 bridgehead atoms. The van der Waals surface area contributed by atoms with Gasteiger partial charge >= 0.3 is 0 Å². The van der Waals surface area contributed by atoms with Crippen LogP contribution in [0.3, 0.4) is 0 Å². The van der Waals surface area contributed by atoms with E-state index in [1.165, 1.54) is 17.4 Å². The summed E-state index contributed by atoms with van der Waals surface area (Å²) in [6.07, 6.45) is 3.21. The summed E-state index contributed by atoms with van der Waals surface area (Å²) in [4.78, 5) is 16.4. The second-order valence-electron chi connectivity index (χ2n) is 5.15. The molecule has 0 unspecified atom stereocenters. The first-order valence-electron chi connectivity index (χ1n) is 7.39. The molecule has 0 spiro atoms. The first kappa shape index (κ1) is 16.4. The molecule has 1 N–H and O–H groups in total. The Balaban J connectivity index is 1.82. The van der Waals surface area contributed by atoms with E-state index >= 15 is 0 Å². The quantitative estimate of drug-likeness (QED) is 0.674. The Hall–Kier alpha value is -2.43. The van der Waals surface area contributed by atoms with Gasteiger partial charge in [0.25, 0.3) is 0 Å². The predicted molar refractivity (Wildman–Crippen MR) is 99.0 cm³/mol. The van der Waals surface area contributed by atoms with Crippen LogP contribution in [0.2, 0.25) is 5.02 Å². The summed E-state index contributed by atoms with van der Waals surface area (Å²) < 4.78 is 0. The fourth-order valence-electron chi connectivity index (χ4n) is 2.32. The Morgan fingerprint density at radius 3 is 2.46 bits per heavy atom. The molecule has 1 aromatic heterocycles. The molecule has 2 aromatic carbocycles. The van der Waals surface area contributed by atoms with Gasteiger partial charge in [0.1, 0.15) is 0 Å². The summed E-state index contributed by atoms with van der Waals surface area (Å²) in [6, 6.07) is 17.1. The minimum absolute atomic E-state index is 0.174. The van der Waals surface area contributed by atoms with E-state index in [9.17, 15) is 4.79 Å². The van der Waals surface area contributed by atoms with Crippen molar-refractivity contribution < 1.29 is 4.79 Å². The van der Waals surface area contributed by atoms with Crippen LogP contribution in [0.25, 0.3) is 6.08 Å². The number of halogens is 1. The molecular formula is C19H15ClN2OS. The van der Waals surface area contributed by atoms with Gasteiger partial charge in [0.2, 0.25) is 5.91 Å². The number of amides is 1. The molecule has 5 heteroatoms. The molecule has 120 valence electrons. The molecule has 0 aliphatic rings. The molecule has 0 aliphatic heterocycles. The molecule has 0 fully saturated rings. The summed E-state index contributed by atoms with van der Waals surface area (Å²) in [5.41, 5.74) is 4.49. The molecule has 0 saturated heterocycles. The zero-order valence-electron chi connectivity index (χ0n) is 12.7. The van der Waals surface area contributed by atoms with E-state index in [1.807, 2.05) is 60.0 Å². The number of carbonyl (C=O) groups is 1. The van der Waals surface area contributed by atoms with Crippen LogP contribution in [0.15, 0.2) is 71.6 Å². The summed E-state index contributed by atoms with van der Waals surface area (Å²) in [7, 11) is 0. The van der Waals surface area contributed by atoms with Crippen LogP contribution in [-0.2, 0) is 4.79 Å². The lowest BCUT2D eigenvalue weighted by atomic mass is 9.98. The van der Waals surface area contributed by atoms with Crippen LogP contribution in [-0.4, -0.2) is 10.9 Å². The van der Waals surface area contributed by atoms with E-state index in [1.54, 1.807) is 11.6 Å². The van der Waals surface area contributed by atoms with Gasteiger partial charge in [-0.05, 0) is 29.3 Å². The topological polar surface area (TPSA) is 42.0 Å². The minimum Gasteiger partial charge on any atom is -0.342 e. The number of nitrogens with zero attached hydrogens (tertiary/aromatic N) is 1. The normalized spacial score (nSPS) is 12.2. The Morgan fingerprint density at radius 2 is 1.79 bits per heavy atom. The van der Waals surface area contributed by atoms with Crippen molar-refractivity contribution >= 4 is 34.9 Å². The van der Waals surface area contributed by atoms with Gasteiger partial charge in [-0.1, -0.05) is 54.1 Å². The molecule has 0 saturated carbocycles. The molecule has 1 amide bonds. The zero-order chi connectivity index (χ0) is 16.8. The van der Waals surface area contributed by atoms with Crippen LogP contribution in [0.5, 0.6) is 0 Å². The lowest BCUT2D eigenvalue weighted by Gasteiger charge is -2.19. The number of nitrogens with one attached hydrogen (secondary N) is 1. The maximum absolute atomic E-state index is 12.3. The van der Waals surface area contributed by atoms with Crippen molar-refractivity contribution in [3.63, 3.8) is 0 Å². The van der Waals surface area contributed by atoms with Crippen molar-refractivity contribution in [1.29, 1.82) is 0 Å². The second kappa shape index (κ2) is 7.90. The molecule has 3 rings (SSSR count). The third-order valence-electron chi connectivity index (χ3n) is 3.48. The number of rotatable bonds is 5. The number of hydrogen-bond acceptors (Lipinski definition) is 3. The van der Waals surface area contributed by atoms with Crippen molar-refractivity contribution in [2.45, 2.75) is 6.04 Å². The first-order chi connectivity index (χ1) is 11.7. The molecular weight excluding hydrogens is 340 g/mol. The molecule has 0 radical (unpaired) electrons. The average molecular weight is 355 g/mol. The largest absolute Gasteiger partial charge is 0.342 e. The number of benzene rings is 2. The van der Waals surface area contributed by atoms with Crippen molar-refractivity contribution in [3.05, 3.63) is 93.4 Å². The van der Waals surface area contributed by atoms with E-state index in [4.69, 9.17) is 11.6 Å². The smallest absolute Gasteiger partial charge is 0.244 e. The van der Waals surface area contributed by atoms with Crippen LogP contribution in [0.1, 0.15) is 22.9 Å². The number of carbonyl (C=O) groups excluding carboxylic acids is 1. The molecule has 1 heterocycles. The van der Waals surface area contributed by atoms with Crippen LogP contribution >= 0.6 is 22.9 Å². The summed E-state index contributed by atoms with van der Waals surface area (Å²) >= 11 is 7.46. The SMILES string of the molecule is O=C(/C=C\c1cscn1)N[C@@H](c1ccccc1)c1ccc(Cl)cc1. The third kappa shape index (κ3) is 4.31. The highest BCUT2D eigenvalue weighted by Crippen LogP contribution is 2.23. The van der Waals surface area contributed by atoms with Gasteiger partial charge in [-0.15, -0.1) is 11.3 Å². The average Bonchev–Trinajstić information content (AvgIpc) is 3.13. The van der Waals surface area contributed by atoms with E-state index in [2.05, 4.69) is 10.3 Å². The van der Waals surface area contributed by atoms with Gasteiger partial charge in [-0.2, -0.15) is 0 Å². The summed E-state index contributed by atoms with van der Waals surface area (Å²) in [5.74, 6) is -0.174. The van der Waals surface area contributed by atoms with Crippen molar-refractivity contribution in [3.8, 4) is 0 Å². The second-order valence-corrected chi connectivity index (χ2v) is 6.31. The first-order valence-corrected chi connectivity index (χ1v) is 8.71. The van der Waals surface area contributed by atoms with Crippen LogP contribution < -0.4 is 5.32 Å². The lowest BCUT2D eigenvalue weighted by Crippen LogP contribution is -2.27. The monoisotopic (exact) mass is 354 g/mol. The van der Waals surface area contributed by atoms with E-state index < -0.39 is 0 Å². The lowest BCUT2D eigenvalue weighted by molar-refractivity contribution is -0.116. The molecule has 0 aliphatic carbocycles. The maximum atomic E-state index is 12.3. The Kier molecular flexibility index (Phi) is 5.41. The molecule has 24 heavy (non-hydrogen) atoms. The predicted octanol–water partition coefficient (Wildman–Crippen LogP) is 4.72. The maximum Gasteiger partial charge on any atom is 0.244 e. The Morgan fingerprint density at radius 1 is 1.08 bits per heavy atom. The van der Waals surface area contributed by atoms with Gasteiger partial charge in [-0.3, -0.25) is 4.79 Å². The summed E-state index contributed by atoms with van der Waals surface area (Å²) in [6.45, 7) is 0. The summed E-state index contributed by atoms with van der Waals surface area (Å²) in [5, 5.41) is 5.59. The van der Waals surface area contributed by atoms with Crippen LogP contribution in [0.4, 0.5) is 0 Å². The number of aromatic nitrogens is 1. The molecule has 3 aromatic rings. The number of thiazole rings is 1. The van der Waals surface area contributed by atoms with Crippen molar-refractivity contribution in [2.24, 2.45) is 0 Å². The van der Waals surface area contributed by atoms with E-state index in [0.29, 0.717) is 5.02 Å². The van der Waals surface area contributed by atoms with Crippen molar-refractivity contribution in [2.75, 3.05) is 0 Å². The van der Waals surface area contributed by atoms with E-state index in [0.717, 1.165) is 16.8 Å². The number of hydrogen-bond donors (Lipinski definition) is 1. The fraction of sp³-hybridized carbons (Fsp3) is 0.0526. The van der Waals surface area contributed by atoms with Gasteiger partial charge in [-0.25, -0.2) is 4.98 Å². The van der Waals surface area contributed by atoms with E-state index in [-0.39, 0.29) is 11.9 Å². The highest BCUT2D eigenvalue weighted by molar-refractivity contribution is 7.07. The Bertz CT molecular complexity index is 814. The van der Waals surface area contributed by atoms with Gasteiger partial charge in [0.05, 0.1) is 17.2 Å². The third-order valence-corrected chi connectivity index (χ3v) is 4.34. The highest BCUT2D eigenvalue weighted by atomic mass is 35.5. The Labute approximate surface area is 149 Å². The zero-order valence-corrected chi connectivity index (χ0v) is 14.3. The van der Waals surface area contributed by atoms with Gasteiger partial charge in [0.15, 0.2) is 0 Å². The van der Waals surface area contributed by atoms with Gasteiger partial charge < -0.3 is 5.32 Å². The molecule has 3 nitrogen and oxygen atoms in total. The molecule has 1 atom stereocenters. The van der Waals surface area contributed by atoms with Crippen molar-refractivity contribution in [1.82, 2.24) is 10.3 Å². The standard InChI is InChI=1S/C19H15ClN2OS/c20-16-8-6-15(7-9-16)19(14-4-2-1-3-5-14)22-18(23)11-10-17-12-24-13-21-17/h1-13,19H,(H,22,23)/b11-10-/t19-/m0/s1. The highest BCUT2D eigenvalue weighted by Gasteiger charge is 2.15. The fourth-order valence-corrected chi connectivity index (χ4v) is 2.96. The minimum atomic E-state index is -0.240.